The fourth-order valence-corrected chi connectivity index (χ4v) is 1.24. The topological polar surface area (TPSA) is 48.0 Å². The molecule has 14 heavy (non-hydrogen) atoms. The van der Waals surface area contributed by atoms with Gasteiger partial charge in [0, 0.05) is 13.0 Å². The van der Waals surface area contributed by atoms with Crippen LogP contribution in [0.5, 0.6) is 0 Å². The first-order valence-electron chi connectivity index (χ1n) is 4.86. The van der Waals surface area contributed by atoms with Crippen molar-refractivity contribution in [2.75, 3.05) is 33.4 Å². The third-order valence-electron chi connectivity index (χ3n) is 1.87. The number of rotatable bonds is 5. The average Bonchev–Trinajstić information content (AvgIpc) is 2.20. The number of esters is 1. The van der Waals surface area contributed by atoms with Crippen LogP contribution in [0.25, 0.3) is 0 Å². The van der Waals surface area contributed by atoms with Gasteiger partial charge in [0.15, 0.2) is 0 Å². The molecule has 0 bridgehead atoms. The molecule has 5 nitrogen and oxygen atoms in total. The summed E-state index contributed by atoms with van der Waals surface area (Å²) in [6.07, 6.45) is 1.25. The Balaban J connectivity index is 1.99. The van der Waals surface area contributed by atoms with Crippen LogP contribution in [0.15, 0.2) is 0 Å². The van der Waals surface area contributed by atoms with Gasteiger partial charge in [0.2, 0.25) is 0 Å². The minimum atomic E-state index is -0.133. The third kappa shape index (κ3) is 4.55. The number of hydrogen-bond acceptors (Lipinski definition) is 5. The van der Waals surface area contributed by atoms with E-state index >= 15 is 0 Å². The van der Waals surface area contributed by atoms with E-state index in [1.54, 1.807) is 0 Å². The normalized spacial score (nSPS) is 18.1. The second-order valence-corrected chi connectivity index (χ2v) is 3.09. The van der Waals surface area contributed by atoms with E-state index in [-0.39, 0.29) is 5.97 Å². The molecule has 0 unspecified atom stereocenters. The quantitative estimate of drug-likeness (QED) is 0.611. The molecule has 1 fully saturated rings. The van der Waals surface area contributed by atoms with Gasteiger partial charge in [0.05, 0.1) is 6.61 Å². The Bertz CT molecular complexity index is 168. The highest BCUT2D eigenvalue weighted by molar-refractivity contribution is 5.69. The van der Waals surface area contributed by atoms with E-state index in [0.29, 0.717) is 33.3 Å². The number of hydrogen-bond donors (Lipinski definition) is 0. The molecular formula is C9H17NO4. The predicted octanol–water partition coefficient (Wildman–Crippen LogP) is 0.551. The highest BCUT2D eigenvalue weighted by Gasteiger charge is 2.10. The van der Waals surface area contributed by atoms with E-state index in [1.807, 2.05) is 11.8 Å². The van der Waals surface area contributed by atoms with Crippen molar-refractivity contribution in [3.05, 3.63) is 0 Å². The third-order valence-corrected chi connectivity index (χ3v) is 1.87. The van der Waals surface area contributed by atoms with Crippen molar-refractivity contribution in [1.29, 1.82) is 0 Å². The van der Waals surface area contributed by atoms with Crippen molar-refractivity contribution in [1.82, 2.24) is 4.90 Å². The van der Waals surface area contributed by atoms with Gasteiger partial charge in [-0.3, -0.25) is 9.69 Å². The van der Waals surface area contributed by atoms with Gasteiger partial charge < -0.3 is 14.2 Å². The lowest BCUT2D eigenvalue weighted by Gasteiger charge is -2.26. The van der Waals surface area contributed by atoms with Crippen LogP contribution in [0.1, 0.15) is 19.8 Å². The van der Waals surface area contributed by atoms with E-state index < -0.39 is 0 Å². The smallest absolute Gasteiger partial charge is 0.305 e. The van der Waals surface area contributed by atoms with Gasteiger partial charge in [-0.1, -0.05) is 0 Å². The van der Waals surface area contributed by atoms with Crippen LogP contribution in [-0.4, -0.2) is 44.3 Å². The van der Waals surface area contributed by atoms with Crippen LogP contribution in [0.3, 0.4) is 0 Å². The zero-order chi connectivity index (χ0) is 10.2. The van der Waals surface area contributed by atoms with Crippen LogP contribution < -0.4 is 0 Å². The first-order valence-corrected chi connectivity index (χ1v) is 4.86. The average molecular weight is 203 g/mol. The summed E-state index contributed by atoms with van der Waals surface area (Å²) in [5, 5.41) is 0. The number of carbonyl (C=O) groups is 1. The Morgan fingerprint density at radius 3 is 2.79 bits per heavy atom. The van der Waals surface area contributed by atoms with Crippen LogP contribution in [0.4, 0.5) is 0 Å². The van der Waals surface area contributed by atoms with Gasteiger partial charge >= 0.3 is 5.97 Å². The summed E-state index contributed by atoms with van der Waals surface area (Å²) in [5.41, 5.74) is 0. The molecule has 0 atom stereocenters. The van der Waals surface area contributed by atoms with Crippen molar-refractivity contribution in [2.24, 2.45) is 0 Å². The fraction of sp³-hybridized carbons (Fsp3) is 0.889. The van der Waals surface area contributed by atoms with Gasteiger partial charge in [-0.15, -0.1) is 0 Å². The Labute approximate surface area is 83.9 Å². The Kier molecular flexibility index (Phi) is 5.51. The number of carbonyl (C=O) groups excluding carboxylic acids is 1. The molecule has 0 spiro atoms. The van der Waals surface area contributed by atoms with Crippen molar-refractivity contribution in [3.63, 3.8) is 0 Å². The van der Waals surface area contributed by atoms with Gasteiger partial charge in [-0.25, -0.2) is 0 Å². The molecule has 0 aromatic carbocycles. The zero-order valence-corrected chi connectivity index (χ0v) is 8.53. The van der Waals surface area contributed by atoms with Crippen molar-refractivity contribution in [3.8, 4) is 0 Å². The molecule has 1 rings (SSSR count). The standard InChI is InChI=1S/C9H17NO4/c1-2-14-9(11)4-3-5-10-6-12-8-13-7-10/h2-8H2,1H3. The van der Waals surface area contributed by atoms with E-state index in [1.165, 1.54) is 0 Å². The SMILES string of the molecule is CCOC(=O)CCCN1COCOC1. The Hall–Kier alpha value is -0.650. The number of nitrogens with zero attached hydrogens (tertiary/aromatic N) is 1. The van der Waals surface area contributed by atoms with E-state index in [0.717, 1.165) is 13.0 Å². The molecule has 1 heterocycles. The van der Waals surface area contributed by atoms with Crippen molar-refractivity contribution in [2.45, 2.75) is 19.8 Å². The molecule has 0 amide bonds. The highest BCUT2D eigenvalue weighted by atomic mass is 16.7. The second-order valence-electron chi connectivity index (χ2n) is 3.09. The largest absolute Gasteiger partial charge is 0.466 e. The second kappa shape index (κ2) is 6.75. The summed E-state index contributed by atoms with van der Waals surface area (Å²) in [4.78, 5) is 13.0. The molecule has 1 saturated heterocycles. The minimum absolute atomic E-state index is 0.133. The molecule has 0 saturated carbocycles. The summed E-state index contributed by atoms with van der Waals surface area (Å²) in [5.74, 6) is -0.133. The molecule has 0 radical (unpaired) electrons. The zero-order valence-electron chi connectivity index (χ0n) is 8.53. The first kappa shape index (κ1) is 11.4. The van der Waals surface area contributed by atoms with Crippen LogP contribution in [-0.2, 0) is 19.0 Å². The number of ether oxygens (including phenoxy) is 3. The van der Waals surface area contributed by atoms with Crippen LogP contribution in [0.2, 0.25) is 0 Å². The van der Waals surface area contributed by atoms with E-state index in [9.17, 15) is 4.79 Å². The molecule has 1 aliphatic heterocycles. The minimum Gasteiger partial charge on any atom is -0.466 e. The molecule has 5 heteroatoms. The molecule has 0 N–H and O–H groups in total. The molecule has 1 aliphatic rings. The van der Waals surface area contributed by atoms with Crippen LogP contribution >= 0.6 is 0 Å². The molecule has 82 valence electrons. The summed E-state index contributed by atoms with van der Waals surface area (Å²) >= 11 is 0. The van der Waals surface area contributed by atoms with Gasteiger partial charge in [-0.2, -0.15) is 0 Å². The lowest BCUT2D eigenvalue weighted by Crippen LogP contribution is -2.35. The van der Waals surface area contributed by atoms with Crippen LogP contribution in [0, 0.1) is 0 Å². The lowest BCUT2D eigenvalue weighted by molar-refractivity contribution is -0.183. The summed E-state index contributed by atoms with van der Waals surface area (Å²) in [6, 6.07) is 0. The van der Waals surface area contributed by atoms with Crippen molar-refractivity contribution >= 4 is 5.97 Å². The van der Waals surface area contributed by atoms with Gasteiger partial charge in [0.1, 0.15) is 20.3 Å². The van der Waals surface area contributed by atoms with Gasteiger partial charge in [0.25, 0.3) is 0 Å². The Morgan fingerprint density at radius 1 is 1.43 bits per heavy atom. The molecule has 0 aliphatic carbocycles. The Morgan fingerprint density at radius 2 is 2.14 bits per heavy atom. The van der Waals surface area contributed by atoms with Crippen molar-refractivity contribution < 1.29 is 19.0 Å². The maximum Gasteiger partial charge on any atom is 0.305 e. The fourth-order valence-electron chi connectivity index (χ4n) is 1.24. The van der Waals surface area contributed by atoms with E-state index in [2.05, 4.69) is 0 Å². The molecule has 0 aromatic heterocycles. The maximum atomic E-state index is 11.0. The van der Waals surface area contributed by atoms with E-state index in [4.69, 9.17) is 14.2 Å². The summed E-state index contributed by atoms with van der Waals surface area (Å²) in [7, 11) is 0. The summed E-state index contributed by atoms with van der Waals surface area (Å²) < 4.78 is 15.0. The van der Waals surface area contributed by atoms with Gasteiger partial charge in [-0.05, 0) is 13.3 Å². The molecular weight excluding hydrogens is 186 g/mol. The maximum absolute atomic E-state index is 11.0. The highest BCUT2D eigenvalue weighted by Crippen LogP contribution is 2.01. The molecule has 0 aromatic rings. The lowest BCUT2D eigenvalue weighted by atomic mass is 10.3. The predicted molar refractivity (Wildman–Crippen MR) is 49.3 cm³/mol. The first-order chi connectivity index (χ1) is 6.83. The summed E-state index contributed by atoms with van der Waals surface area (Å²) in [6.45, 7) is 4.61. The monoisotopic (exact) mass is 203 g/mol.